The Morgan fingerprint density at radius 3 is 1.15 bits per heavy atom. The highest BCUT2D eigenvalue weighted by Crippen LogP contribution is 2.32. The van der Waals surface area contributed by atoms with Crippen LogP contribution in [0.1, 0.15) is 104 Å². The molecule has 2 aromatic heterocycles. The molecule has 6 amide bonds. The number of rotatable bonds is 15. The maximum absolute atomic E-state index is 12.8. The van der Waals surface area contributed by atoms with Crippen LogP contribution < -0.4 is 51.3 Å². The summed E-state index contributed by atoms with van der Waals surface area (Å²) in [5.74, 6) is 1.69. The topological polar surface area (TPSA) is 379 Å². The van der Waals surface area contributed by atoms with Gasteiger partial charge in [-0.05, 0) is 313 Å². The number of pyridine rings is 2. The lowest BCUT2D eigenvalue weighted by atomic mass is 9.99. The second-order valence-corrected chi connectivity index (χ2v) is 29.2. The molecule has 0 saturated heterocycles. The van der Waals surface area contributed by atoms with E-state index in [9.17, 15) is 44.0 Å². The van der Waals surface area contributed by atoms with Gasteiger partial charge in [-0.15, -0.1) is 0 Å². The number of carbonyl (C=O) groups is 7. The van der Waals surface area contributed by atoms with Crippen molar-refractivity contribution in [2.24, 2.45) is 4.99 Å². The number of allylic oxidation sites excluding steroid dienone is 14. The van der Waals surface area contributed by atoms with E-state index < -0.39 is 40.3 Å². The Hall–Kier alpha value is -14.7. The third kappa shape index (κ3) is 29.2. The first-order valence-electron chi connectivity index (χ1n) is 37.0. The molecule has 6 aromatic carbocycles. The van der Waals surface area contributed by atoms with Crippen molar-refractivity contribution in [3.63, 3.8) is 0 Å². The van der Waals surface area contributed by atoms with Gasteiger partial charge in [-0.25, -0.2) is 24.5 Å². The Balaban J connectivity index is 0.000000193. The molecular formula is C91H93ClN12O16. The average molecular weight is 1650 g/mol. The number of halogens is 1. The fourth-order valence-electron chi connectivity index (χ4n) is 10.6. The van der Waals surface area contributed by atoms with Crippen molar-refractivity contribution in [1.29, 1.82) is 5.41 Å². The second-order valence-electron chi connectivity index (χ2n) is 28.9. The van der Waals surface area contributed by atoms with Crippen molar-refractivity contribution in [2.75, 3.05) is 50.1 Å². The molecule has 0 atom stereocenters. The van der Waals surface area contributed by atoms with Gasteiger partial charge in [-0.3, -0.25) is 55.6 Å². The van der Waals surface area contributed by atoms with E-state index in [2.05, 4.69) is 41.5 Å². The van der Waals surface area contributed by atoms with Gasteiger partial charge in [0, 0.05) is 71.8 Å². The number of methoxy groups -OCH3 is 4. The monoisotopic (exact) mass is 1640 g/mol. The molecule has 8 aromatic rings. The molecular weight excluding hydrogens is 1550 g/mol. The minimum Gasteiger partial charge on any atom is -0.497 e. The molecule has 28 nitrogen and oxygen atoms in total. The molecule has 0 radical (unpaired) electrons. The SMILES string of the molecule is CC(C)(C)OC(=O)Nc1ccc(-c2ccncc2)cc1N.COc1ccc(C(=O)Cl)cc1.COc1ccc(C(=O)NC2=CC(=C3C=CN(O)C=C3)C=CC2=N)cc1.COc1ccc(C(=O)NC2=CC(=C3C=CN(O)C=C3)C=CC2=NC(=O)OC(C)(C)C)cc1.COc1ccc(C(=O)Nc2cc(-c3ccncc3)ccc2NC(=O)OC(C)(C)C)cc1. The molecule has 0 saturated carbocycles. The summed E-state index contributed by atoms with van der Waals surface area (Å²) < 4.78 is 36.1. The van der Waals surface area contributed by atoms with Crippen LogP contribution in [0.25, 0.3) is 22.3 Å². The highest BCUT2D eigenvalue weighted by molar-refractivity contribution is 6.67. The van der Waals surface area contributed by atoms with Crippen molar-refractivity contribution in [3.8, 4) is 45.3 Å². The van der Waals surface area contributed by atoms with Crippen molar-refractivity contribution in [2.45, 2.75) is 79.1 Å². The fourth-order valence-corrected chi connectivity index (χ4v) is 10.7. The van der Waals surface area contributed by atoms with Crippen LogP contribution in [0.4, 0.5) is 37.1 Å². The summed E-state index contributed by atoms with van der Waals surface area (Å²) in [6.45, 7) is 16.0. The molecule has 0 spiro atoms. The van der Waals surface area contributed by atoms with Crippen molar-refractivity contribution in [1.82, 2.24) is 30.7 Å². The number of nitrogens with two attached hydrogens (primary N) is 1. The Bertz CT molecular complexity index is 5350. The van der Waals surface area contributed by atoms with Gasteiger partial charge in [-0.1, -0.05) is 24.3 Å². The van der Waals surface area contributed by atoms with E-state index in [0.717, 1.165) is 54.7 Å². The van der Waals surface area contributed by atoms with E-state index in [1.807, 2.05) is 63.2 Å². The number of ether oxygens (including phenoxy) is 7. The van der Waals surface area contributed by atoms with E-state index in [0.29, 0.717) is 79.4 Å². The van der Waals surface area contributed by atoms with Gasteiger partial charge >= 0.3 is 18.3 Å². The number of nitrogen functional groups attached to an aromatic ring is 1. The van der Waals surface area contributed by atoms with Crippen LogP contribution in [-0.4, -0.2) is 128 Å². The molecule has 120 heavy (non-hydrogen) atoms. The molecule has 2 aliphatic carbocycles. The Kier molecular flexibility index (Phi) is 32.3. The summed E-state index contributed by atoms with van der Waals surface area (Å²) in [6, 6.07) is 45.1. The van der Waals surface area contributed by atoms with Crippen LogP contribution in [0.5, 0.6) is 23.0 Å². The lowest BCUT2D eigenvalue weighted by Crippen LogP contribution is -2.29. The van der Waals surface area contributed by atoms with Gasteiger partial charge in [0.1, 0.15) is 39.8 Å². The molecule has 12 rings (SSSR count). The first-order valence-corrected chi connectivity index (χ1v) is 37.3. The summed E-state index contributed by atoms with van der Waals surface area (Å²) in [6.07, 6.45) is 28.1. The van der Waals surface area contributed by atoms with E-state index in [1.165, 1.54) is 24.8 Å². The summed E-state index contributed by atoms with van der Waals surface area (Å²) >= 11 is 5.22. The molecule has 4 aliphatic rings. The largest absolute Gasteiger partial charge is 0.497 e. The third-order valence-electron chi connectivity index (χ3n) is 16.4. The second kappa shape index (κ2) is 42.7. The number of aromatic nitrogens is 2. The van der Waals surface area contributed by atoms with Crippen LogP contribution in [-0.2, 0) is 14.2 Å². The molecule has 10 N–H and O–H groups in total. The standard InChI is InChI=1S/C24H25N3O5.C24H25N3O4.C19H17N3O3.C16H19N3O2.C8H7ClO2/c1-24(2,3)32-23(29)26-20-10-7-18(16-11-13-27(30)14-12-16)15-21(20)25-22(28)17-5-8-19(31-4)9-6-17;1-24(2,3)31-23(29)27-20-10-7-18(16-11-13-25-14-12-16)15-21(20)26-22(28)17-5-8-19(30-4)9-6-17;1-25-16-5-2-14(3-6-16)19(23)21-18-12-15(4-7-17(18)20)13-8-10-22(24)11-9-13;1-16(2,3)21-15(20)19-14-5-4-12(10-13(14)17)11-6-8-18-9-7-11;1-11-7-4-2-6(3-5-7)8(9)10/h5-15,30H,1-4H3,(H,25,28);5-15H,1-4H3,(H,26,28)(H,27,29);2-12,20,24H,1H3,(H,21,23);4-10H,17H2,1-3H3,(H,19,20);2-5H,1H3. The Morgan fingerprint density at radius 1 is 0.400 bits per heavy atom. The maximum atomic E-state index is 12.8. The smallest absolute Gasteiger partial charge is 0.434 e. The zero-order valence-corrected chi connectivity index (χ0v) is 69.0. The normalized spacial score (nSPS) is 13.4. The summed E-state index contributed by atoms with van der Waals surface area (Å²) in [5, 5.41) is 42.0. The predicted molar refractivity (Wildman–Crippen MR) is 462 cm³/mol. The third-order valence-corrected chi connectivity index (χ3v) is 16.6. The number of anilines is 4. The fraction of sp³-hybridized carbons (Fsp3) is 0.176. The van der Waals surface area contributed by atoms with Gasteiger partial charge < -0.3 is 54.8 Å². The highest BCUT2D eigenvalue weighted by Gasteiger charge is 2.24. The zero-order chi connectivity index (χ0) is 87.3. The minimum atomic E-state index is -0.758. The summed E-state index contributed by atoms with van der Waals surface area (Å²) in [5.41, 5.74) is 16.1. The van der Waals surface area contributed by atoms with Crippen molar-refractivity contribution >= 4 is 87.0 Å². The molecule has 4 heterocycles. The maximum Gasteiger partial charge on any atom is 0.434 e. The Labute approximate surface area is 700 Å². The van der Waals surface area contributed by atoms with Crippen LogP contribution in [0, 0.1) is 5.41 Å². The number of hydrogen-bond donors (Lipinski definition) is 9. The number of hydrogen-bond acceptors (Lipinski definition) is 22. The molecule has 0 unspecified atom stereocenters. The molecule has 0 bridgehead atoms. The number of hydroxylamine groups is 4. The number of nitrogens with one attached hydrogen (secondary N) is 6. The number of benzene rings is 6. The van der Waals surface area contributed by atoms with Crippen LogP contribution >= 0.6 is 11.6 Å². The molecule has 620 valence electrons. The van der Waals surface area contributed by atoms with Gasteiger partial charge in [0.15, 0.2) is 0 Å². The lowest BCUT2D eigenvalue weighted by Gasteiger charge is -2.21. The van der Waals surface area contributed by atoms with E-state index in [1.54, 1.807) is 271 Å². The van der Waals surface area contributed by atoms with Crippen molar-refractivity contribution < 1.29 is 77.1 Å². The van der Waals surface area contributed by atoms with Crippen LogP contribution in [0.15, 0.2) is 307 Å². The van der Waals surface area contributed by atoms with E-state index in [-0.39, 0.29) is 29.1 Å². The summed E-state index contributed by atoms with van der Waals surface area (Å²) in [4.78, 5) is 96.9. The number of nitrogens with zero attached hydrogens (tertiary/aromatic N) is 5. The highest BCUT2D eigenvalue weighted by atomic mass is 35.5. The number of aliphatic imine (C=N–C) groups is 1. The summed E-state index contributed by atoms with van der Waals surface area (Å²) in [7, 11) is 6.24. The predicted octanol–water partition coefficient (Wildman–Crippen LogP) is 18.3. The van der Waals surface area contributed by atoms with Gasteiger partial charge in [0.05, 0.1) is 74.0 Å². The number of carbonyl (C=O) groups excluding carboxylic acids is 7. The molecule has 2 aliphatic heterocycles. The first-order chi connectivity index (χ1) is 57.0. The quantitative estimate of drug-likeness (QED) is 0.0261. The molecule has 0 fully saturated rings. The minimum absolute atomic E-state index is 0.221. The van der Waals surface area contributed by atoms with Crippen molar-refractivity contribution in [3.05, 3.63) is 324 Å². The number of amides is 6. The Morgan fingerprint density at radius 2 is 0.758 bits per heavy atom. The lowest BCUT2D eigenvalue weighted by molar-refractivity contribution is 0.0103. The van der Waals surface area contributed by atoms with E-state index >= 15 is 0 Å². The van der Waals surface area contributed by atoms with Gasteiger partial charge in [0.25, 0.3) is 23.0 Å². The van der Waals surface area contributed by atoms with Gasteiger partial charge in [-0.2, -0.15) is 4.99 Å². The van der Waals surface area contributed by atoms with Gasteiger partial charge in [0.2, 0.25) is 0 Å². The van der Waals surface area contributed by atoms with Crippen LogP contribution in [0.3, 0.4) is 0 Å². The van der Waals surface area contributed by atoms with E-state index in [4.69, 9.17) is 55.9 Å². The zero-order valence-electron chi connectivity index (χ0n) is 68.2. The first kappa shape index (κ1) is 90.8. The average Bonchev–Trinajstić information content (AvgIpc) is 0.834. The molecule has 29 heteroatoms. The van der Waals surface area contributed by atoms with Crippen LogP contribution in [0.2, 0.25) is 0 Å².